The zero-order valence-corrected chi connectivity index (χ0v) is 13.7. The molecule has 0 saturated heterocycles. The third-order valence-corrected chi connectivity index (χ3v) is 6.73. The number of hydrogen-bond donors (Lipinski definition) is 1. The van der Waals surface area contributed by atoms with E-state index in [1.807, 2.05) is 13.0 Å². The number of nitrogens with one attached hydrogen (secondary N) is 1. The second-order valence-corrected chi connectivity index (χ2v) is 8.56. The standard InChI is InChI=1S/C9H7I2NOS2/c1-2-12-9(13)5-3-4-6(14-5)8(11)15-7(4)10/h3H,2H2,1H3,(H,12,13). The SMILES string of the molecule is CCNC(=O)c1cc2c(I)sc(I)c2s1. The van der Waals surface area contributed by atoms with E-state index in [-0.39, 0.29) is 5.91 Å². The summed E-state index contributed by atoms with van der Waals surface area (Å²) in [5, 5.41) is 4.04. The van der Waals surface area contributed by atoms with Gasteiger partial charge in [0.2, 0.25) is 0 Å². The molecule has 0 spiro atoms. The van der Waals surface area contributed by atoms with Crippen molar-refractivity contribution in [1.29, 1.82) is 0 Å². The van der Waals surface area contributed by atoms with Gasteiger partial charge in [0.1, 0.15) is 0 Å². The minimum absolute atomic E-state index is 0.0373. The second-order valence-electron chi connectivity index (χ2n) is 2.86. The van der Waals surface area contributed by atoms with Crippen molar-refractivity contribution in [2.24, 2.45) is 0 Å². The van der Waals surface area contributed by atoms with Gasteiger partial charge in [0.15, 0.2) is 0 Å². The molecule has 0 radical (unpaired) electrons. The first-order valence-electron chi connectivity index (χ1n) is 4.29. The fourth-order valence-corrected chi connectivity index (χ4v) is 6.90. The number of rotatable bonds is 2. The summed E-state index contributed by atoms with van der Waals surface area (Å²) in [6, 6.07) is 1.99. The van der Waals surface area contributed by atoms with Crippen LogP contribution in [0.2, 0.25) is 0 Å². The van der Waals surface area contributed by atoms with E-state index in [1.165, 1.54) is 15.9 Å². The highest BCUT2D eigenvalue weighted by atomic mass is 127. The van der Waals surface area contributed by atoms with Gasteiger partial charge in [-0.1, -0.05) is 0 Å². The van der Waals surface area contributed by atoms with Crippen LogP contribution in [0, 0.1) is 5.77 Å². The van der Waals surface area contributed by atoms with Crippen LogP contribution in [-0.4, -0.2) is 12.5 Å². The second kappa shape index (κ2) is 4.84. The Kier molecular flexibility index (Phi) is 3.89. The predicted octanol–water partition coefficient (Wildman–Crippen LogP) is 3.92. The molecule has 2 rings (SSSR count). The first kappa shape index (κ1) is 12.1. The van der Waals surface area contributed by atoms with Gasteiger partial charge in [-0.2, -0.15) is 0 Å². The molecule has 0 aliphatic rings. The molecule has 15 heavy (non-hydrogen) atoms. The number of hydrogen-bond acceptors (Lipinski definition) is 3. The molecule has 0 aliphatic heterocycles. The summed E-state index contributed by atoms with van der Waals surface area (Å²) in [6.07, 6.45) is 0. The van der Waals surface area contributed by atoms with Crippen molar-refractivity contribution in [2.45, 2.75) is 6.92 Å². The van der Waals surface area contributed by atoms with Crippen LogP contribution in [0.5, 0.6) is 0 Å². The summed E-state index contributed by atoms with van der Waals surface area (Å²) < 4.78 is 3.78. The van der Waals surface area contributed by atoms with Crippen LogP contribution in [0.1, 0.15) is 16.6 Å². The largest absolute Gasteiger partial charge is 0.352 e. The molecule has 6 heteroatoms. The highest BCUT2D eigenvalue weighted by Crippen LogP contribution is 2.38. The van der Waals surface area contributed by atoms with Crippen molar-refractivity contribution >= 4 is 83.8 Å². The van der Waals surface area contributed by atoms with Crippen LogP contribution >= 0.6 is 67.9 Å². The van der Waals surface area contributed by atoms with E-state index in [4.69, 9.17) is 0 Å². The van der Waals surface area contributed by atoms with Crippen molar-refractivity contribution in [2.75, 3.05) is 6.54 Å². The van der Waals surface area contributed by atoms with E-state index in [1.54, 1.807) is 22.7 Å². The maximum atomic E-state index is 11.6. The number of thiophene rings is 2. The van der Waals surface area contributed by atoms with Gasteiger partial charge >= 0.3 is 0 Å². The van der Waals surface area contributed by atoms with Gasteiger partial charge in [-0.05, 0) is 58.2 Å². The van der Waals surface area contributed by atoms with Crippen molar-refractivity contribution < 1.29 is 4.79 Å². The lowest BCUT2D eigenvalue weighted by molar-refractivity contribution is 0.0960. The maximum absolute atomic E-state index is 11.6. The van der Waals surface area contributed by atoms with Gasteiger partial charge in [-0.15, -0.1) is 22.7 Å². The molecular weight excluding hydrogens is 456 g/mol. The highest BCUT2D eigenvalue weighted by Gasteiger charge is 2.15. The smallest absolute Gasteiger partial charge is 0.261 e. The lowest BCUT2D eigenvalue weighted by atomic mass is 10.3. The number of carbonyl (C=O) groups is 1. The highest BCUT2D eigenvalue weighted by molar-refractivity contribution is 14.1. The molecule has 0 saturated carbocycles. The summed E-state index contributed by atoms with van der Waals surface area (Å²) in [6.45, 7) is 2.61. The fraction of sp³-hybridized carbons (Fsp3) is 0.222. The quantitative estimate of drug-likeness (QED) is 0.673. The molecule has 0 aromatic carbocycles. The Morgan fingerprint density at radius 2 is 2.13 bits per heavy atom. The minimum atomic E-state index is 0.0373. The van der Waals surface area contributed by atoms with Crippen LogP contribution in [0.4, 0.5) is 0 Å². The number of halogens is 2. The van der Waals surface area contributed by atoms with Gasteiger partial charge in [0.25, 0.3) is 5.91 Å². The molecule has 2 nitrogen and oxygen atoms in total. The average molecular weight is 463 g/mol. The molecule has 2 aromatic rings. The summed E-state index contributed by atoms with van der Waals surface area (Å²) in [5.74, 6) is 0.0373. The Balaban J connectivity index is 2.47. The van der Waals surface area contributed by atoms with E-state index >= 15 is 0 Å². The molecule has 0 bridgehead atoms. The fourth-order valence-electron chi connectivity index (χ4n) is 1.22. The Hall–Kier alpha value is 0.590. The minimum Gasteiger partial charge on any atom is -0.352 e. The summed E-state index contributed by atoms with van der Waals surface area (Å²) in [7, 11) is 0. The van der Waals surface area contributed by atoms with E-state index < -0.39 is 0 Å². The predicted molar refractivity (Wildman–Crippen MR) is 83.1 cm³/mol. The molecule has 1 amide bonds. The number of carbonyl (C=O) groups excluding carboxylic acids is 1. The van der Waals surface area contributed by atoms with Crippen LogP contribution in [0.3, 0.4) is 0 Å². The van der Waals surface area contributed by atoms with Crippen LogP contribution < -0.4 is 5.32 Å². The van der Waals surface area contributed by atoms with E-state index in [0.717, 1.165) is 4.88 Å². The Morgan fingerprint density at radius 3 is 2.73 bits per heavy atom. The topological polar surface area (TPSA) is 29.1 Å². The molecule has 1 N–H and O–H groups in total. The van der Waals surface area contributed by atoms with Gasteiger partial charge < -0.3 is 5.32 Å². The van der Waals surface area contributed by atoms with Crippen molar-refractivity contribution in [3.63, 3.8) is 0 Å². The Morgan fingerprint density at radius 1 is 1.40 bits per heavy atom. The molecule has 0 aliphatic carbocycles. The lowest BCUT2D eigenvalue weighted by Gasteiger charge is -1.96. The number of fused-ring (bicyclic) bond motifs is 1. The normalized spacial score (nSPS) is 10.9. The van der Waals surface area contributed by atoms with E-state index in [2.05, 4.69) is 50.5 Å². The Labute approximate surface area is 123 Å². The number of amides is 1. The first-order valence-corrected chi connectivity index (χ1v) is 8.08. The zero-order chi connectivity index (χ0) is 11.0. The van der Waals surface area contributed by atoms with E-state index in [9.17, 15) is 4.79 Å². The maximum Gasteiger partial charge on any atom is 0.261 e. The summed E-state index contributed by atoms with van der Waals surface area (Å²) >= 11 is 8.01. The zero-order valence-electron chi connectivity index (χ0n) is 7.77. The third kappa shape index (κ3) is 2.32. The van der Waals surface area contributed by atoms with Crippen LogP contribution in [0.15, 0.2) is 6.07 Å². The van der Waals surface area contributed by atoms with Gasteiger partial charge in [0.05, 0.1) is 15.3 Å². The molecule has 2 aromatic heterocycles. The van der Waals surface area contributed by atoms with Crippen molar-refractivity contribution in [3.8, 4) is 0 Å². The molecule has 0 unspecified atom stereocenters. The van der Waals surface area contributed by atoms with Gasteiger partial charge in [-0.3, -0.25) is 4.79 Å². The monoisotopic (exact) mass is 463 g/mol. The van der Waals surface area contributed by atoms with Crippen molar-refractivity contribution in [1.82, 2.24) is 5.32 Å². The average Bonchev–Trinajstić information content (AvgIpc) is 2.70. The van der Waals surface area contributed by atoms with Crippen molar-refractivity contribution in [3.05, 3.63) is 16.7 Å². The first-order chi connectivity index (χ1) is 7.13. The molecule has 80 valence electrons. The molecule has 2 heterocycles. The Bertz CT molecular complexity index is 483. The molecule has 0 atom stereocenters. The van der Waals surface area contributed by atoms with Crippen LogP contribution in [-0.2, 0) is 0 Å². The van der Waals surface area contributed by atoms with Gasteiger partial charge in [-0.25, -0.2) is 0 Å². The lowest BCUT2D eigenvalue weighted by Crippen LogP contribution is -2.21. The molecule has 0 fully saturated rings. The summed E-state index contributed by atoms with van der Waals surface area (Å²) in [4.78, 5) is 12.4. The van der Waals surface area contributed by atoms with Gasteiger partial charge in [0, 0.05) is 11.9 Å². The van der Waals surface area contributed by atoms with Crippen LogP contribution in [0.25, 0.3) is 10.1 Å². The molecular formula is C9H7I2NOS2. The van der Waals surface area contributed by atoms with E-state index in [0.29, 0.717) is 6.54 Å². The summed E-state index contributed by atoms with van der Waals surface area (Å²) in [5.41, 5.74) is 0. The third-order valence-electron chi connectivity index (χ3n) is 1.86.